The lowest BCUT2D eigenvalue weighted by Crippen LogP contribution is -2.45. The molecular weight excluding hydrogens is 238 g/mol. The van der Waals surface area contributed by atoms with Gasteiger partial charge >= 0.3 is 0 Å². The normalized spacial score (nSPS) is 23.3. The molecule has 1 aliphatic rings. The molecular formula is C13H20F2N2O. The Kier molecular flexibility index (Phi) is 5.47. The Morgan fingerprint density at radius 1 is 1.44 bits per heavy atom. The molecule has 5 heteroatoms. The lowest BCUT2D eigenvalue weighted by Gasteiger charge is -2.29. The maximum Gasteiger partial charge on any atom is 0.220 e. The third-order valence-corrected chi connectivity index (χ3v) is 2.79. The molecule has 0 aliphatic heterocycles. The Balaban J connectivity index is 2.42. The van der Waals surface area contributed by atoms with Crippen molar-refractivity contribution in [3.63, 3.8) is 0 Å². The summed E-state index contributed by atoms with van der Waals surface area (Å²) in [5, 5.41) is 5.67. The number of amides is 1. The fourth-order valence-corrected chi connectivity index (χ4v) is 2.00. The molecule has 0 fully saturated rings. The molecule has 1 atom stereocenters. The Labute approximate surface area is 106 Å². The van der Waals surface area contributed by atoms with E-state index >= 15 is 0 Å². The van der Waals surface area contributed by atoms with Gasteiger partial charge in [0.2, 0.25) is 5.91 Å². The molecule has 0 bridgehead atoms. The molecule has 0 aromatic carbocycles. The predicted molar refractivity (Wildman–Crippen MR) is 67.3 cm³/mol. The molecule has 2 N–H and O–H groups in total. The fraction of sp³-hybridized carbons (Fsp3) is 0.615. The van der Waals surface area contributed by atoms with E-state index in [1.54, 1.807) is 6.92 Å². The first-order valence-corrected chi connectivity index (χ1v) is 6.15. The summed E-state index contributed by atoms with van der Waals surface area (Å²) in [5.74, 6) is -1.36. The second-order valence-corrected chi connectivity index (χ2v) is 4.82. The summed E-state index contributed by atoms with van der Waals surface area (Å²) >= 11 is 0. The summed E-state index contributed by atoms with van der Waals surface area (Å²) in [4.78, 5) is 11.7. The van der Waals surface area contributed by atoms with E-state index in [1.165, 1.54) is 6.08 Å². The van der Waals surface area contributed by atoms with Crippen molar-refractivity contribution in [3.8, 4) is 0 Å². The highest BCUT2D eigenvalue weighted by Crippen LogP contribution is 2.27. The van der Waals surface area contributed by atoms with Crippen LogP contribution in [0, 0.1) is 0 Å². The zero-order chi connectivity index (χ0) is 13.6. The summed E-state index contributed by atoms with van der Waals surface area (Å²) in [6, 6.07) is 0. The first kappa shape index (κ1) is 14.8. The molecule has 1 rings (SSSR count). The van der Waals surface area contributed by atoms with Crippen molar-refractivity contribution < 1.29 is 13.6 Å². The fourth-order valence-electron chi connectivity index (χ4n) is 2.00. The van der Waals surface area contributed by atoms with Gasteiger partial charge < -0.3 is 10.6 Å². The van der Waals surface area contributed by atoms with Crippen LogP contribution in [0.5, 0.6) is 0 Å². The third-order valence-electron chi connectivity index (χ3n) is 2.79. The number of hydrogen-bond acceptors (Lipinski definition) is 2. The number of nitrogens with one attached hydrogen (secondary N) is 2. The second kappa shape index (κ2) is 6.64. The van der Waals surface area contributed by atoms with Gasteiger partial charge in [0, 0.05) is 18.9 Å². The minimum absolute atomic E-state index is 0.00265. The summed E-state index contributed by atoms with van der Waals surface area (Å²) < 4.78 is 26.3. The van der Waals surface area contributed by atoms with Gasteiger partial charge in [0.1, 0.15) is 11.7 Å². The number of halogens is 2. The molecule has 0 heterocycles. The van der Waals surface area contributed by atoms with Crippen LogP contribution >= 0.6 is 0 Å². The number of rotatable bonds is 6. The van der Waals surface area contributed by atoms with Gasteiger partial charge in [0.15, 0.2) is 0 Å². The molecule has 0 saturated heterocycles. The van der Waals surface area contributed by atoms with Crippen LogP contribution in [0.25, 0.3) is 0 Å². The van der Waals surface area contributed by atoms with Crippen LogP contribution in [0.2, 0.25) is 0 Å². The van der Waals surface area contributed by atoms with Crippen molar-refractivity contribution in [2.45, 2.75) is 38.1 Å². The number of allylic oxidation sites excluding steroid dienone is 2. The topological polar surface area (TPSA) is 41.1 Å². The Hall–Kier alpha value is -1.23. The van der Waals surface area contributed by atoms with E-state index in [4.69, 9.17) is 0 Å². The van der Waals surface area contributed by atoms with Gasteiger partial charge in [-0.1, -0.05) is 0 Å². The van der Waals surface area contributed by atoms with Gasteiger partial charge in [0.25, 0.3) is 0 Å². The highest BCUT2D eigenvalue weighted by Gasteiger charge is 2.29. The van der Waals surface area contributed by atoms with Crippen molar-refractivity contribution in [2.24, 2.45) is 0 Å². The Morgan fingerprint density at radius 3 is 2.78 bits per heavy atom. The van der Waals surface area contributed by atoms with Crippen LogP contribution in [-0.4, -0.2) is 25.0 Å². The van der Waals surface area contributed by atoms with Crippen molar-refractivity contribution in [3.05, 3.63) is 23.8 Å². The van der Waals surface area contributed by atoms with E-state index in [0.29, 0.717) is 6.42 Å². The smallest absolute Gasteiger partial charge is 0.220 e. The lowest BCUT2D eigenvalue weighted by atomic mass is 9.92. The van der Waals surface area contributed by atoms with Gasteiger partial charge in [-0.05, 0) is 39.4 Å². The molecule has 0 aromatic rings. The average Bonchev–Trinajstić information content (AvgIpc) is 2.21. The zero-order valence-corrected chi connectivity index (χ0v) is 10.9. The molecule has 0 saturated carbocycles. The summed E-state index contributed by atoms with van der Waals surface area (Å²) in [7, 11) is 1.85. The summed E-state index contributed by atoms with van der Waals surface area (Å²) in [6.45, 7) is 2.47. The van der Waals surface area contributed by atoms with Gasteiger partial charge in [-0.3, -0.25) is 4.79 Å². The quantitative estimate of drug-likeness (QED) is 0.718. The molecule has 0 spiro atoms. The molecule has 0 radical (unpaired) electrons. The molecule has 1 aliphatic carbocycles. The maximum absolute atomic E-state index is 13.2. The van der Waals surface area contributed by atoms with Crippen LogP contribution in [-0.2, 0) is 4.79 Å². The van der Waals surface area contributed by atoms with E-state index in [9.17, 15) is 13.6 Å². The molecule has 102 valence electrons. The summed E-state index contributed by atoms with van der Waals surface area (Å²) in [6.07, 6.45) is 4.13. The Bertz CT molecular complexity index is 366. The molecule has 0 aromatic heterocycles. The number of carbonyl (C=O) groups excluding carboxylic acids is 1. The van der Waals surface area contributed by atoms with Gasteiger partial charge in [-0.25, -0.2) is 8.78 Å². The van der Waals surface area contributed by atoms with Gasteiger partial charge in [-0.2, -0.15) is 0 Å². The van der Waals surface area contributed by atoms with E-state index in [0.717, 1.165) is 25.5 Å². The first-order chi connectivity index (χ1) is 8.45. The van der Waals surface area contributed by atoms with E-state index in [1.807, 2.05) is 7.05 Å². The highest BCUT2D eigenvalue weighted by molar-refractivity contribution is 5.77. The SMILES string of the molecule is CNCCCCC(=O)NC1(C)C=C(F)C=C(F)C1. The number of unbranched alkanes of at least 4 members (excludes halogenated alkanes) is 1. The van der Waals surface area contributed by atoms with Crippen LogP contribution in [0.15, 0.2) is 23.8 Å². The van der Waals surface area contributed by atoms with Crippen LogP contribution in [0.3, 0.4) is 0 Å². The zero-order valence-electron chi connectivity index (χ0n) is 10.9. The predicted octanol–water partition coefficient (Wildman–Crippen LogP) is 2.36. The van der Waals surface area contributed by atoms with E-state index in [-0.39, 0.29) is 12.3 Å². The third kappa shape index (κ3) is 4.96. The molecule has 1 unspecified atom stereocenters. The highest BCUT2D eigenvalue weighted by atomic mass is 19.1. The molecule has 3 nitrogen and oxygen atoms in total. The first-order valence-electron chi connectivity index (χ1n) is 6.15. The number of hydrogen-bond donors (Lipinski definition) is 2. The van der Waals surface area contributed by atoms with Crippen molar-refractivity contribution in [1.82, 2.24) is 10.6 Å². The summed E-state index contributed by atoms with van der Waals surface area (Å²) in [5.41, 5.74) is -0.955. The standard InChI is InChI=1S/C13H20F2N2O/c1-13(8-10(14)7-11(15)9-13)17-12(18)5-3-4-6-16-2/h7-8,16H,3-6,9H2,1-2H3,(H,17,18). The lowest BCUT2D eigenvalue weighted by molar-refractivity contribution is -0.122. The van der Waals surface area contributed by atoms with E-state index in [2.05, 4.69) is 10.6 Å². The minimum Gasteiger partial charge on any atom is -0.347 e. The maximum atomic E-state index is 13.2. The molecule has 18 heavy (non-hydrogen) atoms. The Morgan fingerprint density at radius 2 is 2.17 bits per heavy atom. The largest absolute Gasteiger partial charge is 0.347 e. The second-order valence-electron chi connectivity index (χ2n) is 4.82. The van der Waals surface area contributed by atoms with Gasteiger partial charge in [0.05, 0.1) is 5.54 Å². The molecule has 1 amide bonds. The number of carbonyl (C=O) groups is 1. The van der Waals surface area contributed by atoms with Crippen LogP contribution in [0.1, 0.15) is 32.6 Å². The minimum atomic E-state index is -0.955. The monoisotopic (exact) mass is 258 g/mol. The van der Waals surface area contributed by atoms with Crippen molar-refractivity contribution in [2.75, 3.05) is 13.6 Å². The van der Waals surface area contributed by atoms with Gasteiger partial charge in [-0.15, -0.1) is 0 Å². The van der Waals surface area contributed by atoms with Crippen LogP contribution < -0.4 is 10.6 Å². The van der Waals surface area contributed by atoms with Crippen molar-refractivity contribution in [1.29, 1.82) is 0 Å². The average molecular weight is 258 g/mol. The van der Waals surface area contributed by atoms with E-state index < -0.39 is 17.2 Å². The van der Waals surface area contributed by atoms with Crippen LogP contribution in [0.4, 0.5) is 8.78 Å². The van der Waals surface area contributed by atoms with Crippen molar-refractivity contribution >= 4 is 5.91 Å².